The lowest BCUT2D eigenvalue weighted by Crippen LogP contribution is -2.32. The zero-order valence-corrected chi connectivity index (χ0v) is 12.1. The largest absolute Gasteiger partial charge is 0.372 e. The van der Waals surface area contributed by atoms with E-state index < -0.39 is 0 Å². The number of nitrogens with zero attached hydrogens (tertiary/aromatic N) is 2. The molecule has 3 rings (SSSR count). The fourth-order valence-electron chi connectivity index (χ4n) is 2.65. The van der Waals surface area contributed by atoms with Crippen LogP contribution in [0.2, 0.25) is 0 Å². The van der Waals surface area contributed by atoms with Gasteiger partial charge in [-0.25, -0.2) is 0 Å². The molecule has 1 aromatic heterocycles. The van der Waals surface area contributed by atoms with Gasteiger partial charge >= 0.3 is 0 Å². The molecule has 0 fully saturated rings. The van der Waals surface area contributed by atoms with Gasteiger partial charge < -0.3 is 9.64 Å². The summed E-state index contributed by atoms with van der Waals surface area (Å²) in [5.74, 6) is 0.0345. The van der Waals surface area contributed by atoms with Crippen molar-refractivity contribution in [3.63, 3.8) is 0 Å². The van der Waals surface area contributed by atoms with Crippen LogP contribution in [0.3, 0.4) is 0 Å². The summed E-state index contributed by atoms with van der Waals surface area (Å²) in [6.07, 6.45) is 4.48. The quantitative estimate of drug-likeness (QED) is 0.866. The van der Waals surface area contributed by atoms with Gasteiger partial charge in [0, 0.05) is 31.2 Å². The lowest BCUT2D eigenvalue weighted by molar-refractivity contribution is -0.122. The third kappa shape index (κ3) is 2.81. The average Bonchev–Trinajstić information content (AvgIpc) is 2.96. The number of hydrogen-bond acceptors (Lipinski definition) is 3. The summed E-state index contributed by atoms with van der Waals surface area (Å²) in [6.45, 7) is 3.35. The van der Waals surface area contributed by atoms with Crippen LogP contribution in [0, 0.1) is 0 Å². The fraction of sp³-hybridized carbons (Fsp3) is 0.294. The molecular weight excluding hydrogens is 264 g/mol. The van der Waals surface area contributed by atoms with Crippen LogP contribution in [0.25, 0.3) is 11.1 Å². The Morgan fingerprint density at radius 3 is 2.81 bits per heavy atom. The number of pyridine rings is 1. The van der Waals surface area contributed by atoms with E-state index in [9.17, 15) is 4.79 Å². The maximum Gasteiger partial charge on any atom is 0.252 e. The second-order valence-corrected chi connectivity index (χ2v) is 5.01. The predicted octanol–water partition coefficient (Wildman–Crippen LogP) is 2.67. The van der Waals surface area contributed by atoms with Crippen LogP contribution in [-0.4, -0.2) is 30.6 Å². The van der Waals surface area contributed by atoms with E-state index in [1.807, 2.05) is 30.0 Å². The van der Waals surface area contributed by atoms with Crippen LogP contribution >= 0.6 is 0 Å². The standard InChI is InChI=1S/C17H18N2O2/c1-2-21-12-17(20)19-10-7-15-11-14(3-4-16(15)19)13-5-8-18-9-6-13/h3-6,8-9,11H,2,7,10,12H2,1H3. The molecule has 2 heterocycles. The smallest absolute Gasteiger partial charge is 0.252 e. The lowest BCUT2D eigenvalue weighted by atomic mass is 10.0. The third-order valence-corrected chi connectivity index (χ3v) is 3.72. The molecule has 1 aromatic carbocycles. The molecular formula is C17H18N2O2. The van der Waals surface area contributed by atoms with Gasteiger partial charge in [0.05, 0.1) is 0 Å². The Kier molecular flexibility index (Phi) is 3.97. The molecule has 4 heteroatoms. The maximum atomic E-state index is 12.1. The highest BCUT2D eigenvalue weighted by Crippen LogP contribution is 2.32. The summed E-state index contributed by atoms with van der Waals surface area (Å²) in [7, 11) is 0. The van der Waals surface area contributed by atoms with Gasteiger partial charge in [-0.1, -0.05) is 6.07 Å². The van der Waals surface area contributed by atoms with E-state index in [1.54, 1.807) is 12.4 Å². The van der Waals surface area contributed by atoms with Crippen molar-refractivity contribution in [2.75, 3.05) is 24.7 Å². The fourth-order valence-corrected chi connectivity index (χ4v) is 2.65. The van der Waals surface area contributed by atoms with Gasteiger partial charge in [0.1, 0.15) is 6.61 Å². The van der Waals surface area contributed by atoms with Gasteiger partial charge in [-0.2, -0.15) is 0 Å². The minimum absolute atomic E-state index is 0.0345. The van der Waals surface area contributed by atoms with Gasteiger partial charge in [0.25, 0.3) is 5.91 Å². The van der Waals surface area contributed by atoms with Crippen LogP contribution in [-0.2, 0) is 16.0 Å². The molecule has 0 aliphatic carbocycles. The number of anilines is 1. The van der Waals surface area contributed by atoms with Crippen molar-refractivity contribution in [3.05, 3.63) is 48.3 Å². The van der Waals surface area contributed by atoms with Gasteiger partial charge in [0.15, 0.2) is 0 Å². The van der Waals surface area contributed by atoms with E-state index in [2.05, 4.69) is 17.1 Å². The van der Waals surface area contributed by atoms with E-state index in [-0.39, 0.29) is 12.5 Å². The third-order valence-electron chi connectivity index (χ3n) is 3.72. The first-order chi connectivity index (χ1) is 10.3. The highest BCUT2D eigenvalue weighted by atomic mass is 16.5. The summed E-state index contributed by atoms with van der Waals surface area (Å²) in [6, 6.07) is 10.2. The van der Waals surface area contributed by atoms with E-state index in [4.69, 9.17) is 4.74 Å². The van der Waals surface area contributed by atoms with Crippen molar-refractivity contribution in [1.82, 2.24) is 4.98 Å². The Morgan fingerprint density at radius 1 is 1.24 bits per heavy atom. The highest BCUT2D eigenvalue weighted by Gasteiger charge is 2.24. The minimum Gasteiger partial charge on any atom is -0.372 e. The Morgan fingerprint density at radius 2 is 2.05 bits per heavy atom. The molecule has 0 radical (unpaired) electrons. The van der Waals surface area contributed by atoms with Gasteiger partial charge in [-0.3, -0.25) is 9.78 Å². The predicted molar refractivity (Wildman–Crippen MR) is 82.2 cm³/mol. The molecule has 21 heavy (non-hydrogen) atoms. The van der Waals surface area contributed by atoms with Gasteiger partial charge in [-0.05, 0) is 54.3 Å². The van der Waals surface area contributed by atoms with Crippen molar-refractivity contribution >= 4 is 11.6 Å². The molecule has 1 aliphatic heterocycles. The van der Waals surface area contributed by atoms with Crippen LogP contribution in [0.15, 0.2) is 42.7 Å². The van der Waals surface area contributed by atoms with Crippen molar-refractivity contribution in [2.45, 2.75) is 13.3 Å². The molecule has 0 saturated heterocycles. The topological polar surface area (TPSA) is 42.4 Å². The van der Waals surface area contributed by atoms with Crippen LogP contribution in [0.4, 0.5) is 5.69 Å². The number of amides is 1. The van der Waals surface area contributed by atoms with E-state index in [0.717, 1.165) is 29.8 Å². The molecule has 4 nitrogen and oxygen atoms in total. The molecule has 0 spiro atoms. The summed E-state index contributed by atoms with van der Waals surface area (Å²) < 4.78 is 5.22. The molecule has 0 atom stereocenters. The second-order valence-electron chi connectivity index (χ2n) is 5.01. The van der Waals surface area contributed by atoms with Gasteiger partial charge in [-0.15, -0.1) is 0 Å². The highest BCUT2D eigenvalue weighted by molar-refractivity contribution is 5.96. The number of carbonyl (C=O) groups is 1. The number of fused-ring (bicyclic) bond motifs is 1. The van der Waals surface area contributed by atoms with E-state index in [1.165, 1.54) is 5.56 Å². The number of hydrogen-bond donors (Lipinski definition) is 0. The van der Waals surface area contributed by atoms with E-state index >= 15 is 0 Å². The lowest BCUT2D eigenvalue weighted by Gasteiger charge is -2.17. The first-order valence-electron chi connectivity index (χ1n) is 7.21. The Bertz CT molecular complexity index is 640. The number of ether oxygens (including phenoxy) is 1. The first-order valence-corrected chi connectivity index (χ1v) is 7.21. The summed E-state index contributed by atoms with van der Waals surface area (Å²) in [5, 5.41) is 0. The number of benzene rings is 1. The van der Waals surface area contributed by atoms with Crippen molar-refractivity contribution < 1.29 is 9.53 Å². The SMILES string of the molecule is CCOCC(=O)N1CCc2cc(-c3ccncc3)ccc21. The molecule has 0 N–H and O–H groups in total. The van der Waals surface area contributed by atoms with Crippen molar-refractivity contribution in [1.29, 1.82) is 0 Å². The zero-order valence-electron chi connectivity index (χ0n) is 12.1. The number of rotatable bonds is 4. The molecule has 2 aromatic rings. The van der Waals surface area contributed by atoms with Crippen molar-refractivity contribution in [2.24, 2.45) is 0 Å². The molecule has 0 unspecified atom stereocenters. The van der Waals surface area contributed by atoms with Gasteiger partial charge in [0.2, 0.25) is 0 Å². The number of aromatic nitrogens is 1. The Labute approximate surface area is 124 Å². The second kappa shape index (κ2) is 6.06. The summed E-state index contributed by atoms with van der Waals surface area (Å²) in [5.41, 5.74) is 4.54. The average molecular weight is 282 g/mol. The van der Waals surface area contributed by atoms with Crippen molar-refractivity contribution in [3.8, 4) is 11.1 Å². The molecule has 1 amide bonds. The zero-order chi connectivity index (χ0) is 14.7. The van der Waals surface area contributed by atoms with Crippen LogP contribution < -0.4 is 4.90 Å². The van der Waals surface area contributed by atoms with Crippen LogP contribution in [0.1, 0.15) is 12.5 Å². The summed E-state index contributed by atoms with van der Waals surface area (Å²) >= 11 is 0. The monoisotopic (exact) mass is 282 g/mol. The van der Waals surface area contributed by atoms with Crippen LogP contribution in [0.5, 0.6) is 0 Å². The number of carbonyl (C=O) groups excluding carboxylic acids is 1. The maximum absolute atomic E-state index is 12.1. The molecule has 0 saturated carbocycles. The summed E-state index contributed by atoms with van der Waals surface area (Å²) in [4.78, 5) is 18.0. The Balaban J connectivity index is 1.84. The molecule has 108 valence electrons. The minimum atomic E-state index is 0.0345. The molecule has 0 bridgehead atoms. The Hall–Kier alpha value is -2.20. The first kappa shape index (κ1) is 13.8. The molecule has 1 aliphatic rings. The van der Waals surface area contributed by atoms with E-state index in [0.29, 0.717) is 6.61 Å². The normalized spacial score (nSPS) is 13.3.